The van der Waals surface area contributed by atoms with E-state index >= 15 is 0 Å². The second-order valence-corrected chi connectivity index (χ2v) is 10.6. The average Bonchev–Trinajstić information content (AvgIpc) is 1.65. The molecule has 0 aliphatic heterocycles. The Kier molecular flexibility index (Phi) is 10.5. The van der Waals surface area contributed by atoms with Gasteiger partial charge in [0.05, 0.1) is 0 Å². The third kappa shape index (κ3) is 71.7. The number of hydrogen-bond acceptors (Lipinski definition) is 1. The monoisotopic (exact) mass is 237 g/mol. The molecule has 1 N–H and O–H groups in total. The van der Waals surface area contributed by atoms with Gasteiger partial charge in [0.15, 0.2) is 0 Å². The SMILES string of the molecule is C=CC(=O)O.[CH3][Sn]([CH3])[CH3]. The van der Waals surface area contributed by atoms with E-state index in [4.69, 9.17) is 5.11 Å². The van der Waals surface area contributed by atoms with E-state index in [9.17, 15) is 4.79 Å². The summed E-state index contributed by atoms with van der Waals surface area (Å²) in [6.45, 7) is 2.96. The Bertz CT molecular complexity index is 86.3. The van der Waals surface area contributed by atoms with Crippen LogP contribution in [0.25, 0.3) is 0 Å². The summed E-state index contributed by atoms with van der Waals surface area (Å²) in [4.78, 5) is 16.3. The molecule has 0 aromatic heterocycles. The van der Waals surface area contributed by atoms with Crippen LogP contribution in [0.1, 0.15) is 0 Å². The number of carboxylic acids is 1. The molecule has 0 saturated carbocycles. The van der Waals surface area contributed by atoms with E-state index in [1.807, 2.05) is 0 Å². The summed E-state index contributed by atoms with van der Waals surface area (Å²) in [7, 11) is 0. The molecular formula is C6H13O2Sn. The van der Waals surface area contributed by atoms with Crippen LogP contribution in [0.4, 0.5) is 0 Å². The van der Waals surface area contributed by atoms with E-state index in [2.05, 4.69) is 21.4 Å². The minimum absolute atomic E-state index is 0.543. The molecule has 0 spiro atoms. The van der Waals surface area contributed by atoms with Gasteiger partial charge in [-0.2, -0.15) is 0 Å². The van der Waals surface area contributed by atoms with Crippen LogP contribution in [-0.2, 0) is 4.79 Å². The molecule has 0 heterocycles. The standard InChI is InChI=1S/C3H4O2.3CH3.Sn/c1-2-3(4)5;;;;/h2H,1H2,(H,4,5);3*1H3;. The van der Waals surface area contributed by atoms with Crippen LogP contribution >= 0.6 is 0 Å². The van der Waals surface area contributed by atoms with Crippen LogP contribution in [0.3, 0.4) is 0 Å². The Balaban J connectivity index is 0. The fourth-order valence-corrected chi connectivity index (χ4v) is 0. The number of rotatable bonds is 1. The van der Waals surface area contributed by atoms with Crippen LogP contribution in [-0.4, -0.2) is 30.8 Å². The van der Waals surface area contributed by atoms with E-state index in [0.29, 0.717) is 0 Å². The van der Waals surface area contributed by atoms with E-state index in [-0.39, 0.29) is 0 Å². The number of carbonyl (C=O) groups is 1. The molecular weight excluding hydrogens is 223 g/mol. The first-order valence-corrected chi connectivity index (χ1v) is 11.2. The third-order valence-electron chi connectivity index (χ3n) is 0.175. The Morgan fingerprint density at radius 1 is 1.56 bits per heavy atom. The van der Waals surface area contributed by atoms with Gasteiger partial charge < -0.3 is 5.11 Å². The van der Waals surface area contributed by atoms with Crippen molar-refractivity contribution < 1.29 is 9.90 Å². The van der Waals surface area contributed by atoms with Crippen molar-refractivity contribution >= 4 is 25.7 Å². The Hall–Kier alpha value is 0.00870. The number of carboxylic acid groups (broad SMARTS) is 1. The van der Waals surface area contributed by atoms with Crippen molar-refractivity contribution in [2.45, 2.75) is 14.8 Å². The molecule has 3 heteroatoms. The Morgan fingerprint density at radius 3 is 1.67 bits per heavy atom. The Morgan fingerprint density at radius 2 is 1.67 bits per heavy atom. The molecule has 2 nitrogen and oxygen atoms in total. The third-order valence-corrected chi connectivity index (χ3v) is 0.175. The van der Waals surface area contributed by atoms with Crippen molar-refractivity contribution in [2.24, 2.45) is 0 Å². The molecule has 9 heavy (non-hydrogen) atoms. The first kappa shape index (κ1) is 11.8. The van der Waals surface area contributed by atoms with Gasteiger partial charge in [0, 0.05) is 6.08 Å². The molecule has 0 aliphatic rings. The van der Waals surface area contributed by atoms with E-state index in [1.165, 1.54) is 0 Å². The van der Waals surface area contributed by atoms with Crippen molar-refractivity contribution in [3.05, 3.63) is 12.7 Å². The molecule has 0 unspecified atom stereocenters. The molecule has 0 amide bonds. The first-order chi connectivity index (χ1) is 4.00. The van der Waals surface area contributed by atoms with Crippen LogP contribution in [0.5, 0.6) is 0 Å². The number of hydrogen-bond donors (Lipinski definition) is 1. The second kappa shape index (κ2) is 8.01. The van der Waals surface area contributed by atoms with Gasteiger partial charge in [0.25, 0.3) is 0 Å². The molecule has 0 fully saturated rings. The molecule has 0 aromatic carbocycles. The van der Waals surface area contributed by atoms with Gasteiger partial charge in [-0.25, -0.2) is 4.79 Å². The molecule has 0 bridgehead atoms. The molecule has 0 aromatic rings. The van der Waals surface area contributed by atoms with E-state index < -0.39 is 25.7 Å². The molecule has 0 aliphatic carbocycles. The van der Waals surface area contributed by atoms with Crippen molar-refractivity contribution in [3.8, 4) is 0 Å². The van der Waals surface area contributed by atoms with Gasteiger partial charge in [-0.15, -0.1) is 0 Å². The van der Waals surface area contributed by atoms with Gasteiger partial charge >= 0.3 is 40.5 Å². The average molecular weight is 236 g/mol. The quantitative estimate of drug-likeness (QED) is 0.554. The predicted octanol–water partition coefficient (Wildman–Crippen LogP) is 1.63. The molecule has 0 saturated heterocycles. The zero-order valence-electron chi connectivity index (χ0n) is 6.14. The first-order valence-electron chi connectivity index (χ1n) is 2.62. The van der Waals surface area contributed by atoms with Crippen LogP contribution in [0, 0.1) is 0 Å². The fourth-order valence-electron chi connectivity index (χ4n) is 0. The molecule has 0 rings (SSSR count). The van der Waals surface area contributed by atoms with Gasteiger partial charge in [-0.3, -0.25) is 0 Å². The normalized spacial score (nSPS) is 7.56. The molecule has 1 radical (unpaired) electrons. The summed E-state index contributed by atoms with van der Waals surface area (Å²) < 4.78 is 0. The summed E-state index contributed by atoms with van der Waals surface area (Å²) >= 11 is -0.543. The van der Waals surface area contributed by atoms with Crippen molar-refractivity contribution in [2.75, 3.05) is 0 Å². The van der Waals surface area contributed by atoms with E-state index in [0.717, 1.165) is 6.08 Å². The van der Waals surface area contributed by atoms with Crippen LogP contribution < -0.4 is 0 Å². The van der Waals surface area contributed by atoms with Crippen molar-refractivity contribution in [3.63, 3.8) is 0 Å². The van der Waals surface area contributed by atoms with Crippen molar-refractivity contribution in [1.29, 1.82) is 0 Å². The molecule has 0 atom stereocenters. The summed E-state index contributed by atoms with van der Waals surface area (Å²) in [6, 6.07) is 0. The maximum atomic E-state index is 9.25. The zero-order chi connectivity index (χ0) is 7.86. The fraction of sp³-hybridized carbons (Fsp3) is 0.500. The summed E-state index contributed by atoms with van der Waals surface area (Å²) in [5, 5.41) is 7.60. The topological polar surface area (TPSA) is 37.3 Å². The molecule has 53 valence electrons. The number of aliphatic carboxylic acids is 1. The predicted molar refractivity (Wildman–Crippen MR) is 41.2 cm³/mol. The Labute approximate surface area is 63.3 Å². The summed E-state index contributed by atoms with van der Waals surface area (Å²) in [5.74, 6) is -0.981. The van der Waals surface area contributed by atoms with E-state index in [1.54, 1.807) is 0 Å². The van der Waals surface area contributed by atoms with Gasteiger partial charge in [-0.05, 0) is 0 Å². The second-order valence-electron chi connectivity index (χ2n) is 2.04. The van der Waals surface area contributed by atoms with Crippen LogP contribution in [0.15, 0.2) is 12.7 Å². The van der Waals surface area contributed by atoms with Crippen LogP contribution in [0.2, 0.25) is 14.8 Å². The summed E-state index contributed by atoms with van der Waals surface area (Å²) in [6.07, 6.45) is 0.833. The zero-order valence-corrected chi connectivity index (χ0v) is 8.99. The van der Waals surface area contributed by atoms with Gasteiger partial charge in [0.2, 0.25) is 0 Å². The summed E-state index contributed by atoms with van der Waals surface area (Å²) in [5.41, 5.74) is 0. The van der Waals surface area contributed by atoms with Gasteiger partial charge in [0.1, 0.15) is 0 Å². The van der Waals surface area contributed by atoms with Gasteiger partial charge in [-0.1, -0.05) is 6.58 Å². The minimum atomic E-state index is -0.981. The van der Waals surface area contributed by atoms with Crippen molar-refractivity contribution in [1.82, 2.24) is 0 Å². The maximum absolute atomic E-state index is 9.25.